The Bertz CT molecular complexity index is 939. The number of hydrogen-bond acceptors (Lipinski definition) is 5. The predicted molar refractivity (Wildman–Crippen MR) is 111 cm³/mol. The van der Waals surface area contributed by atoms with Crippen molar-refractivity contribution in [3.05, 3.63) is 70.8 Å². The molecule has 0 aromatic heterocycles. The van der Waals surface area contributed by atoms with Crippen LogP contribution in [0.5, 0.6) is 0 Å². The van der Waals surface area contributed by atoms with Gasteiger partial charge in [0.1, 0.15) is 0 Å². The second kappa shape index (κ2) is 9.19. The molecule has 7 heteroatoms. The van der Waals surface area contributed by atoms with Crippen molar-refractivity contribution < 1.29 is 19.1 Å². The number of carbonyl (C=O) groups is 3. The maximum atomic E-state index is 12.8. The molecule has 2 heterocycles. The summed E-state index contributed by atoms with van der Waals surface area (Å²) in [6.07, 6.45) is 0.846. The summed E-state index contributed by atoms with van der Waals surface area (Å²) in [5, 5.41) is 2.90. The standard InChI is InChI=1S/C23H25N3O4/c27-21(24-9-4-10-25-11-13-30-14-12-25)18-7-8-19-20(15-18)23(29)26(22(19)28)16-17-5-2-1-3-6-17/h1-3,5-8,15H,4,9-14,16H2,(H,24,27). The van der Waals surface area contributed by atoms with E-state index in [-0.39, 0.29) is 29.8 Å². The van der Waals surface area contributed by atoms with Gasteiger partial charge in [0.25, 0.3) is 17.7 Å². The van der Waals surface area contributed by atoms with E-state index < -0.39 is 0 Å². The molecular formula is C23H25N3O4. The molecule has 1 saturated heterocycles. The number of nitrogens with one attached hydrogen (secondary N) is 1. The molecule has 0 radical (unpaired) electrons. The summed E-state index contributed by atoms with van der Waals surface area (Å²) in [6.45, 7) is 5.06. The van der Waals surface area contributed by atoms with Crippen molar-refractivity contribution in [1.29, 1.82) is 0 Å². The van der Waals surface area contributed by atoms with Gasteiger partial charge in [0.05, 0.1) is 30.9 Å². The summed E-state index contributed by atoms with van der Waals surface area (Å²) >= 11 is 0. The van der Waals surface area contributed by atoms with E-state index in [1.807, 2.05) is 30.3 Å². The molecule has 2 aliphatic heterocycles. The minimum Gasteiger partial charge on any atom is -0.379 e. The molecule has 3 amide bonds. The number of nitrogens with zero attached hydrogens (tertiary/aromatic N) is 2. The van der Waals surface area contributed by atoms with Gasteiger partial charge in [-0.2, -0.15) is 0 Å². The average molecular weight is 407 g/mol. The highest BCUT2D eigenvalue weighted by atomic mass is 16.5. The van der Waals surface area contributed by atoms with Gasteiger partial charge >= 0.3 is 0 Å². The summed E-state index contributed by atoms with van der Waals surface area (Å²) < 4.78 is 5.33. The number of carbonyl (C=O) groups excluding carboxylic acids is 3. The third kappa shape index (κ3) is 4.42. The number of ether oxygens (including phenoxy) is 1. The first-order valence-corrected chi connectivity index (χ1v) is 10.3. The third-order valence-corrected chi connectivity index (χ3v) is 5.46. The van der Waals surface area contributed by atoms with Crippen LogP contribution in [0, 0.1) is 0 Å². The largest absolute Gasteiger partial charge is 0.379 e. The van der Waals surface area contributed by atoms with Crippen molar-refractivity contribution in [2.24, 2.45) is 0 Å². The van der Waals surface area contributed by atoms with Crippen LogP contribution in [0.3, 0.4) is 0 Å². The summed E-state index contributed by atoms with van der Waals surface area (Å²) in [5.74, 6) is -0.918. The Balaban J connectivity index is 1.35. The molecule has 4 rings (SSSR count). The molecule has 0 saturated carbocycles. The number of rotatable bonds is 7. The number of imide groups is 1. The van der Waals surface area contributed by atoms with Crippen molar-refractivity contribution in [2.45, 2.75) is 13.0 Å². The van der Waals surface area contributed by atoms with Crippen molar-refractivity contribution in [2.75, 3.05) is 39.4 Å². The van der Waals surface area contributed by atoms with Gasteiger partial charge in [0.15, 0.2) is 0 Å². The zero-order valence-electron chi connectivity index (χ0n) is 16.8. The Hall–Kier alpha value is -3.03. The second-order valence-electron chi connectivity index (χ2n) is 7.51. The number of hydrogen-bond donors (Lipinski definition) is 1. The Morgan fingerprint density at radius 3 is 2.47 bits per heavy atom. The third-order valence-electron chi connectivity index (χ3n) is 5.46. The molecule has 1 fully saturated rings. The van der Waals surface area contributed by atoms with Crippen LogP contribution in [0.25, 0.3) is 0 Å². The topological polar surface area (TPSA) is 79.0 Å². The first-order chi connectivity index (χ1) is 14.6. The molecule has 2 aromatic carbocycles. The van der Waals surface area contributed by atoms with Gasteiger partial charge in [0, 0.05) is 25.2 Å². The van der Waals surface area contributed by atoms with Crippen LogP contribution in [0.1, 0.15) is 43.1 Å². The summed E-state index contributed by atoms with van der Waals surface area (Å²) in [4.78, 5) is 41.5. The Morgan fingerprint density at radius 1 is 0.967 bits per heavy atom. The van der Waals surface area contributed by atoms with Gasteiger partial charge < -0.3 is 10.1 Å². The fourth-order valence-electron chi connectivity index (χ4n) is 3.77. The lowest BCUT2D eigenvalue weighted by atomic mass is 10.1. The highest BCUT2D eigenvalue weighted by molar-refractivity contribution is 6.22. The highest BCUT2D eigenvalue weighted by Gasteiger charge is 2.35. The van der Waals surface area contributed by atoms with Gasteiger partial charge in [-0.1, -0.05) is 30.3 Å². The summed E-state index contributed by atoms with van der Waals surface area (Å²) in [5.41, 5.74) is 1.91. The lowest BCUT2D eigenvalue weighted by Crippen LogP contribution is -2.38. The Labute approximate surface area is 175 Å². The maximum Gasteiger partial charge on any atom is 0.261 e. The average Bonchev–Trinajstić information content (AvgIpc) is 3.02. The van der Waals surface area contributed by atoms with Gasteiger partial charge in [-0.15, -0.1) is 0 Å². The second-order valence-corrected chi connectivity index (χ2v) is 7.51. The number of amides is 3. The predicted octanol–water partition coefficient (Wildman–Crippen LogP) is 1.93. The number of benzene rings is 2. The normalized spacial score (nSPS) is 16.6. The summed E-state index contributed by atoms with van der Waals surface area (Å²) in [7, 11) is 0. The minimum atomic E-state index is -0.360. The molecule has 2 aromatic rings. The fourth-order valence-corrected chi connectivity index (χ4v) is 3.77. The van der Waals surface area contributed by atoms with Crippen molar-refractivity contribution in [3.63, 3.8) is 0 Å². The first-order valence-electron chi connectivity index (χ1n) is 10.3. The highest BCUT2D eigenvalue weighted by Crippen LogP contribution is 2.25. The van der Waals surface area contributed by atoms with Crippen molar-refractivity contribution >= 4 is 17.7 Å². The van der Waals surface area contributed by atoms with E-state index in [1.165, 1.54) is 11.0 Å². The van der Waals surface area contributed by atoms with E-state index in [4.69, 9.17) is 4.74 Å². The lowest BCUT2D eigenvalue weighted by Gasteiger charge is -2.26. The van der Waals surface area contributed by atoms with Crippen LogP contribution in [0.15, 0.2) is 48.5 Å². The van der Waals surface area contributed by atoms with Crippen LogP contribution in [0.2, 0.25) is 0 Å². The van der Waals surface area contributed by atoms with E-state index in [1.54, 1.807) is 12.1 Å². The minimum absolute atomic E-state index is 0.219. The molecule has 156 valence electrons. The van der Waals surface area contributed by atoms with E-state index in [0.29, 0.717) is 17.7 Å². The molecule has 0 unspecified atom stereocenters. The first kappa shape index (κ1) is 20.3. The number of morpholine rings is 1. The lowest BCUT2D eigenvalue weighted by molar-refractivity contribution is 0.0374. The SMILES string of the molecule is O=C(NCCCN1CCOCC1)c1ccc2c(c1)C(=O)N(Cc1ccccc1)C2=O. The Kier molecular flexibility index (Phi) is 6.21. The van der Waals surface area contributed by atoms with Crippen LogP contribution in [-0.4, -0.2) is 66.9 Å². The maximum absolute atomic E-state index is 12.8. The zero-order chi connectivity index (χ0) is 20.9. The van der Waals surface area contributed by atoms with Gasteiger partial charge in [-0.3, -0.25) is 24.2 Å². The van der Waals surface area contributed by atoms with Crippen molar-refractivity contribution in [1.82, 2.24) is 15.1 Å². The fraction of sp³-hybridized carbons (Fsp3) is 0.348. The molecule has 1 N–H and O–H groups in total. The molecule has 30 heavy (non-hydrogen) atoms. The van der Waals surface area contributed by atoms with Crippen LogP contribution >= 0.6 is 0 Å². The van der Waals surface area contributed by atoms with Crippen LogP contribution in [-0.2, 0) is 11.3 Å². The molecule has 2 aliphatic rings. The molecule has 0 spiro atoms. The molecule has 0 atom stereocenters. The summed E-state index contributed by atoms with van der Waals surface area (Å²) in [6, 6.07) is 14.1. The molecule has 0 aliphatic carbocycles. The van der Waals surface area contributed by atoms with E-state index >= 15 is 0 Å². The molecule has 7 nitrogen and oxygen atoms in total. The smallest absolute Gasteiger partial charge is 0.261 e. The quantitative estimate of drug-likeness (QED) is 0.561. The van der Waals surface area contributed by atoms with Gasteiger partial charge in [-0.05, 0) is 36.7 Å². The van der Waals surface area contributed by atoms with E-state index in [2.05, 4.69) is 10.2 Å². The van der Waals surface area contributed by atoms with Crippen molar-refractivity contribution in [3.8, 4) is 0 Å². The van der Waals surface area contributed by atoms with Gasteiger partial charge in [-0.25, -0.2) is 0 Å². The van der Waals surface area contributed by atoms with E-state index in [0.717, 1.165) is 44.8 Å². The molecule has 0 bridgehead atoms. The van der Waals surface area contributed by atoms with Crippen LogP contribution < -0.4 is 5.32 Å². The zero-order valence-corrected chi connectivity index (χ0v) is 16.8. The molecular weight excluding hydrogens is 382 g/mol. The Morgan fingerprint density at radius 2 is 1.70 bits per heavy atom. The van der Waals surface area contributed by atoms with Gasteiger partial charge in [0.2, 0.25) is 0 Å². The number of fused-ring (bicyclic) bond motifs is 1. The van der Waals surface area contributed by atoms with Crippen LogP contribution in [0.4, 0.5) is 0 Å². The monoisotopic (exact) mass is 407 g/mol. The van der Waals surface area contributed by atoms with E-state index in [9.17, 15) is 14.4 Å².